The van der Waals surface area contributed by atoms with Crippen molar-refractivity contribution in [2.75, 3.05) is 0 Å². The molecule has 0 aliphatic carbocycles. The summed E-state index contributed by atoms with van der Waals surface area (Å²) in [6.07, 6.45) is -0.571. The summed E-state index contributed by atoms with van der Waals surface area (Å²) >= 11 is 0. The number of amidine groups is 1. The highest BCUT2D eigenvalue weighted by atomic mass is 15.3. The predicted molar refractivity (Wildman–Crippen MR) is 178 cm³/mol. The standard InChI is InChI=1S/C39H29N4/c1-3-13-27(14-4-1)29-17-11-18-30(25-29)38-40-37(28-15-5-2-6-16-28)41-39(42-38)31-19-12-20-32(26-31)43-35-23-9-7-21-33(35)34-22-8-10-24-36(34)43/h1-26,37-38H,(H,41,42)/q-1. The zero-order valence-corrected chi connectivity index (χ0v) is 23.5. The lowest BCUT2D eigenvalue weighted by atomic mass is 10.0. The summed E-state index contributed by atoms with van der Waals surface area (Å²) in [5, 5.41) is 11.3. The lowest BCUT2D eigenvalue weighted by molar-refractivity contribution is 0.631. The SMILES string of the molecule is c1ccc(-c2cccc(C3N=C(c4cccc(-n5c6ccccc6c6ccccc65)c4)NC(c4ccccc4)[N-]3)c2)cc1. The highest BCUT2D eigenvalue weighted by molar-refractivity contribution is 6.09. The molecule has 2 atom stereocenters. The van der Waals surface area contributed by atoms with Gasteiger partial charge in [-0.2, -0.15) is 0 Å². The Morgan fingerprint density at radius 3 is 1.84 bits per heavy atom. The number of nitrogens with zero attached hydrogens (tertiary/aromatic N) is 3. The largest absolute Gasteiger partial charge is 0.613 e. The number of para-hydroxylation sites is 2. The molecule has 1 aliphatic heterocycles. The van der Waals surface area contributed by atoms with Crippen LogP contribution in [0.15, 0.2) is 163 Å². The van der Waals surface area contributed by atoms with Crippen LogP contribution in [0.5, 0.6) is 0 Å². The van der Waals surface area contributed by atoms with E-state index in [2.05, 4.69) is 155 Å². The minimum absolute atomic E-state index is 0.226. The molecule has 2 unspecified atom stereocenters. The third-order valence-electron chi connectivity index (χ3n) is 8.18. The summed E-state index contributed by atoms with van der Waals surface area (Å²) in [6.45, 7) is 0. The topological polar surface area (TPSA) is 43.4 Å². The molecule has 0 radical (unpaired) electrons. The summed E-state index contributed by atoms with van der Waals surface area (Å²) in [5.41, 5.74) is 9.02. The first-order valence-electron chi connectivity index (χ1n) is 14.7. The maximum atomic E-state index is 5.21. The van der Waals surface area contributed by atoms with E-state index in [0.717, 1.165) is 33.8 Å². The third-order valence-corrected chi connectivity index (χ3v) is 8.18. The molecule has 0 bridgehead atoms. The van der Waals surface area contributed by atoms with Gasteiger partial charge in [0.2, 0.25) is 0 Å². The van der Waals surface area contributed by atoms with Crippen LogP contribution in [0.4, 0.5) is 0 Å². The Kier molecular flexibility index (Phi) is 6.32. The van der Waals surface area contributed by atoms with Gasteiger partial charge in [0.25, 0.3) is 0 Å². The molecule has 8 rings (SSSR count). The van der Waals surface area contributed by atoms with Crippen molar-refractivity contribution < 1.29 is 0 Å². The molecule has 0 spiro atoms. The van der Waals surface area contributed by atoms with Gasteiger partial charge < -0.3 is 15.2 Å². The van der Waals surface area contributed by atoms with Crippen molar-refractivity contribution >= 4 is 27.6 Å². The van der Waals surface area contributed by atoms with Gasteiger partial charge in [-0.05, 0) is 58.9 Å². The lowest BCUT2D eigenvalue weighted by Gasteiger charge is -2.44. The third kappa shape index (κ3) is 4.68. The van der Waals surface area contributed by atoms with Gasteiger partial charge in [0.1, 0.15) is 5.84 Å². The molecule has 2 heterocycles. The van der Waals surface area contributed by atoms with Crippen molar-refractivity contribution in [3.8, 4) is 16.8 Å². The Balaban J connectivity index is 1.24. The van der Waals surface area contributed by atoms with Crippen LogP contribution in [0.1, 0.15) is 29.0 Å². The van der Waals surface area contributed by atoms with Crippen molar-refractivity contribution in [1.82, 2.24) is 9.88 Å². The fourth-order valence-electron chi connectivity index (χ4n) is 6.13. The molecule has 43 heavy (non-hydrogen) atoms. The number of fused-ring (bicyclic) bond motifs is 3. The van der Waals surface area contributed by atoms with E-state index in [1.54, 1.807) is 0 Å². The Morgan fingerprint density at radius 2 is 1.09 bits per heavy atom. The van der Waals surface area contributed by atoms with E-state index in [-0.39, 0.29) is 12.3 Å². The number of benzene rings is 6. The Bertz CT molecular complexity index is 2040. The minimum atomic E-state index is -0.345. The van der Waals surface area contributed by atoms with Gasteiger partial charge in [0.15, 0.2) is 0 Å². The van der Waals surface area contributed by atoms with Gasteiger partial charge in [-0.15, -0.1) is 0 Å². The molecule has 0 amide bonds. The Morgan fingerprint density at radius 1 is 0.512 bits per heavy atom. The van der Waals surface area contributed by atoms with Gasteiger partial charge in [-0.3, -0.25) is 4.99 Å². The maximum absolute atomic E-state index is 5.21. The Hall–Kier alpha value is -5.45. The number of rotatable bonds is 5. The molecular formula is C39H29N4-. The number of nitrogens with one attached hydrogen (secondary N) is 1. The zero-order valence-electron chi connectivity index (χ0n) is 23.5. The second-order valence-corrected chi connectivity index (χ2v) is 10.9. The maximum Gasteiger partial charge on any atom is 0.126 e. The van der Waals surface area contributed by atoms with Crippen molar-refractivity contribution in [2.45, 2.75) is 12.3 Å². The lowest BCUT2D eigenvalue weighted by Crippen LogP contribution is -2.34. The Labute approximate surface area is 251 Å². The predicted octanol–water partition coefficient (Wildman–Crippen LogP) is 9.57. The summed E-state index contributed by atoms with van der Waals surface area (Å²) in [4.78, 5) is 5.21. The molecule has 0 fully saturated rings. The zero-order chi connectivity index (χ0) is 28.6. The summed E-state index contributed by atoms with van der Waals surface area (Å²) in [7, 11) is 0. The summed E-state index contributed by atoms with van der Waals surface area (Å²) in [5.74, 6) is 0.835. The average molecular weight is 554 g/mol. The van der Waals surface area contributed by atoms with E-state index in [1.165, 1.54) is 27.4 Å². The van der Waals surface area contributed by atoms with Crippen molar-refractivity contribution in [2.24, 2.45) is 4.99 Å². The highest BCUT2D eigenvalue weighted by Crippen LogP contribution is 2.38. The molecule has 4 nitrogen and oxygen atoms in total. The molecule has 6 aromatic carbocycles. The first-order valence-corrected chi connectivity index (χ1v) is 14.7. The molecular weight excluding hydrogens is 524 g/mol. The smallest absolute Gasteiger partial charge is 0.126 e. The second kappa shape index (κ2) is 10.8. The molecule has 7 aromatic rings. The first-order chi connectivity index (χ1) is 21.3. The molecule has 1 aromatic heterocycles. The normalized spacial score (nSPS) is 16.6. The quantitative estimate of drug-likeness (QED) is 0.227. The van der Waals surface area contributed by atoms with Crippen LogP contribution >= 0.6 is 0 Å². The fraction of sp³-hybridized carbons (Fsp3) is 0.0513. The average Bonchev–Trinajstić information content (AvgIpc) is 3.43. The van der Waals surface area contributed by atoms with Crippen LogP contribution in [-0.2, 0) is 0 Å². The molecule has 0 saturated heterocycles. The van der Waals surface area contributed by atoms with Crippen LogP contribution in [0.25, 0.3) is 43.9 Å². The highest BCUT2D eigenvalue weighted by Gasteiger charge is 2.19. The fourth-order valence-corrected chi connectivity index (χ4v) is 6.13. The van der Waals surface area contributed by atoms with Gasteiger partial charge in [0, 0.05) is 22.0 Å². The number of hydrogen-bond donors (Lipinski definition) is 1. The van der Waals surface area contributed by atoms with Crippen LogP contribution in [-0.4, -0.2) is 10.4 Å². The van der Waals surface area contributed by atoms with Crippen LogP contribution in [0, 0.1) is 0 Å². The van der Waals surface area contributed by atoms with E-state index < -0.39 is 0 Å². The molecule has 4 heteroatoms. The molecule has 1 aliphatic rings. The van der Waals surface area contributed by atoms with E-state index >= 15 is 0 Å². The van der Waals surface area contributed by atoms with Crippen molar-refractivity contribution in [1.29, 1.82) is 0 Å². The summed E-state index contributed by atoms with van der Waals surface area (Å²) in [6, 6.07) is 55.3. The van der Waals surface area contributed by atoms with E-state index in [9.17, 15) is 0 Å². The number of aliphatic imine (C=N–C) groups is 1. The van der Waals surface area contributed by atoms with E-state index in [4.69, 9.17) is 10.3 Å². The van der Waals surface area contributed by atoms with Crippen LogP contribution in [0.3, 0.4) is 0 Å². The summed E-state index contributed by atoms with van der Waals surface area (Å²) < 4.78 is 2.34. The minimum Gasteiger partial charge on any atom is -0.613 e. The van der Waals surface area contributed by atoms with Gasteiger partial charge in [-0.25, -0.2) is 0 Å². The van der Waals surface area contributed by atoms with Crippen molar-refractivity contribution in [3.63, 3.8) is 0 Å². The van der Waals surface area contributed by atoms with Crippen molar-refractivity contribution in [3.05, 3.63) is 180 Å². The van der Waals surface area contributed by atoms with Gasteiger partial charge >= 0.3 is 0 Å². The molecule has 0 saturated carbocycles. The van der Waals surface area contributed by atoms with E-state index in [0.29, 0.717) is 0 Å². The van der Waals surface area contributed by atoms with Crippen LogP contribution in [0.2, 0.25) is 0 Å². The van der Waals surface area contributed by atoms with Crippen LogP contribution < -0.4 is 5.32 Å². The first kappa shape index (κ1) is 25.3. The number of aromatic nitrogens is 1. The van der Waals surface area contributed by atoms with Gasteiger partial charge in [0.05, 0.1) is 11.0 Å². The molecule has 206 valence electrons. The van der Waals surface area contributed by atoms with E-state index in [1.807, 2.05) is 12.1 Å². The van der Waals surface area contributed by atoms with Gasteiger partial charge in [-0.1, -0.05) is 133 Å². The molecule has 1 N–H and O–H groups in total. The monoisotopic (exact) mass is 553 g/mol. The second-order valence-electron chi connectivity index (χ2n) is 10.9. The number of hydrogen-bond acceptors (Lipinski definition) is 2.